The maximum Gasteiger partial charge on any atom is 0.212 e. The van der Waals surface area contributed by atoms with E-state index in [1.54, 1.807) is 0 Å². The topological polar surface area (TPSA) is 46.6 Å². The monoisotopic (exact) mass is 869 g/mol. The van der Waals surface area contributed by atoms with Crippen molar-refractivity contribution in [1.82, 2.24) is 14.5 Å². The second kappa shape index (κ2) is 16.4. The fourth-order valence-corrected chi connectivity index (χ4v) is 10.2. The highest BCUT2D eigenvalue weighted by molar-refractivity contribution is 6.26. The first kappa shape index (κ1) is 39.3. The molecule has 1 atom stereocenters. The molecule has 1 aliphatic rings. The molecule has 5 nitrogen and oxygen atoms in total. The fourth-order valence-electron chi connectivity index (χ4n) is 10.2. The van der Waals surface area contributed by atoms with Gasteiger partial charge in [0.25, 0.3) is 0 Å². The first-order valence-corrected chi connectivity index (χ1v) is 23.2. The van der Waals surface area contributed by atoms with Gasteiger partial charge in [-0.2, -0.15) is 4.99 Å². The summed E-state index contributed by atoms with van der Waals surface area (Å²) in [6.45, 7) is 0. The molecule has 10 aromatic carbocycles. The molecule has 320 valence electrons. The summed E-state index contributed by atoms with van der Waals surface area (Å²) < 4.78 is 4.83. The number of amidine groups is 1. The second-order valence-corrected chi connectivity index (χ2v) is 17.4. The number of benzene rings is 10. The molecule has 0 saturated heterocycles. The van der Waals surface area contributed by atoms with Gasteiger partial charge in [0.1, 0.15) is 6.17 Å². The molecule has 1 aliphatic heterocycles. The predicted molar refractivity (Wildman–Crippen MR) is 284 cm³/mol. The van der Waals surface area contributed by atoms with E-state index in [9.17, 15) is 0 Å². The normalized spacial score (nSPS) is 13.7. The van der Waals surface area contributed by atoms with Crippen LogP contribution in [0.15, 0.2) is 259 Å². The average Bonchev–Trinajstić information content (AvgIpc) is 3.95. The number of nitrogens with zero attached hydrogens (tertiary/aromatic N) is 4. The first-order chi connectivity index (χ1) is 33.7. The highest BCUT2D eigenvalue weighted by Gasteiger charge is 2.27. The summed E-state index contributed by atoms with van der Waals surface area (Å²) in [6, 6.07) is 88.8. The van der Waals surface area contributed by atoms with Crippen molar-refractivity contribution in [2.45, 2.75) is 6.17 Å². The molecule has 0 fully saturated rings. The van der Waals surface area contributed by atoms with Crippen LogP contribution in [0.3, 0.4) is 0 Å². The zero-order chi connectivity index (χ0) is 45.0. The third-order valence-electron chi connectivity index (χ3n) is 13.4. The van der Waals surface area contributed by atoms with Crippen LogP contribution >= 0.6 is 0 Å². The summed E-state index contributed by atoms with van der Waals surface area (Å²) in [5.41, 5.74) is 16.8. The minimum absolute atomic E-state index is 0.395. The van der Waals surface area contributed by atoms with Crippen molar-refractivity contribution in [3.63, 3.8) is 0 Å². The molecule has 0 aliphatic carbocycles. The summed E-state index contributed by atoms with van der Waals surface area (Å²) in [6.07, 6.45) is -0.395. The second-order valence-electron chi connectivity index (χ2n) is 17.4. The summed E-state index contributed by atoms with van der Waals surface area (Å²) in [5.74, 6) is 1.37. The van der Waals surface area contributed by atoms with Crippen LogP contribution in [-0.4, -0.2) is 20.9 Å². The molecular formula is C63H43N5. The Hall–Kier alpha value is -9.06. The van der Waals surface area contributed by atoms with Crippen molar-refractivity contribution in [3.05, 3.63) is 260 Å². The van der Waals surface area contributed by atoms with E-state index in [1.807, 2.05) is 0 Å². The SMILES string of the molecule is c1ccc(-c2ccc(-n3c4ccccc4c4ccc5c6ccccc6n(C6=NC(c7ccc(-c8ccccc8-c8ccccc8)cc7)=NC(c7ccccc7)N6)c5c43)c(-c3ccccc3)c2)cc1. The fraction of sp³-hybridized carbons (Fsp3) is 0.0159. The number of rotatable bonds is 7. The quantitative estimate of drug-likeness (QED) is 0.170. The van der Waals surface area contributed by atoms with Crippen molar-refractivity contribution in [2.24, 2.45) is 9.98 Å². The number of nitrogens with one attached hydrogen (secondary N) is 1. The van der Waals surface area contributed by atoms with Crippen LogP contribution in [0.4, 0.5) is 0 Å². The number of aliphatic imine (C=N–C) groups is 2. The van der Waals surface area contributed by atoms with Crippen molar-refractivity contribution < 1.29 is 0 Å². The number of para-hydroxylation sites is 2. The summed E-state index contributed by atoms with van der Waals surface area (Å²) in [5, 5.41) is 8.50. The predicted octanol–water partition coefficient (Wildman–Crippen LogP) is 15.5. The Kier molecular flexibility index (Phi) is 9.50. The molecule has 0 spiro atoms. The van der Waals surface area contributed by atoms with E-state index in [-0.39, 0.29) is 0 Å². The van der Waals surface area contributed by atoms with Gasteiger partial charge in [0.15, 0.2) is 5.84 Å². The van der Waals surface area contributed by atoms with Crippen LogP contribution in [0.5, 0.6) is 0 Å². The van der Waals surface area contributed by atoms with Gasteiger partial charge in [0, 0.05) is 32.7 Å². The first-order valence-electron chi connectivity index (χ1n) is 23.2. The lowest BCUT2D eigenvalue weighted by Crippen LogP contribution is -2.37. The minimum atomic E-state index is -0.395. The van der Waals surface area contributed by atoms with E-state index < -0.39 is 6.17 Å². The number of hydrogen-bond donors (Lipinski definition) is 1. The number of hydrogen-bond acceptors (Lipinski definition) is 3. The van der Waals surface area contributed by atoms with E-state index in [4.69, 9.17) is 9.98 Å². The van der Waals surface area contributed by atoms with Gasteiger partial charge in [-0.15, -0.1) is 0 Å². The maximum absolute atomic E-state index is 5.52. The van der Waals surface area contributed by atoms with Gasteiger partial charge in [0.2, 0.25) is 5.96 Å². The zero-order valence-corrected chi connectivity index (χ0v) is 37.0. The molecule has 5 heteroatoms. The Morgan fingerprint density at radius 3 is 1.41 bits per heavy atom. The maximum atomic E-state index is 5.52. The molecule has 13 rings (SSSR count). The Morgan fingerprint density at radius 1 is 0.338 bits per heavy atom. The molecule has 12 aromatic rings. The third-order valence-corrected chi connectivity index (χ3v) is 13.4. The third kappa shape index (κ3) is 6.63. The largest absolute Gasteiger partial charge is 0.330 e. The Labute approximate surface area is 394 Å². The van der Waals surface area contributed by atoms with Crippen LogP contribution in [-0.2, 0) is 0 Å². The van der Waals surface area contributed by atoms with Gasteiger partial charge in [-0.1, -0.05) is 224 Å². The van der Waals surface area contributed by atoms with Crippen LogP contribution in [0, 0.1) is 0 Å². The van der Waals surface area contributed by atoms with Crippen LogP contribution in [0.2, 0.25) is 0 Å². The highest BCUT2D eigenvalue weighted by Crippen LogP contribution is 2.43. The highest BCUT2D eigenvalue weighted by atomic mass is 15.3. The van der Waals surface area contributed by atoms with E-state index in [0.29, 0.717) is 11.8 Å². The summed E-state index contributed by atoms with van der Waals surface area (Å²) >= 11 is 0. The van der Waals surface area contributed by atoms with E-state index in [0.717, 1.165) is 66.3 Å². The van der Waals surface area contributed by atoms with Crippen molar-refractivity contribution in [1.29, 1.82) is 0 Å². The Morgan fingerprint density at radius 2 is 0.794 bits per heavy atom. The standard InChI is InChI=1S/C63H43N5/c1-5-19-42(20-6-1)48-37-40-58(55(41-48)44-23-9-3-10-24-44)67-56-31-17-15-29-51(56)53-38-39-54-52-30-16-18-32-57(52)68(60(54)59(53)67)63-65-61(46-25-11-4-12-26-46)64-62(66-63)47-35-33-45(34-36-47)50-28-14-13-27-49(50)43-21-7-2-8-22-43/h1-41,61H,(H,64,65,66). The zero-order valence-electron chi connectivity index (χ0n) is 37.0. The van der Waals surface area contributed by atoms with Gasteiger partial charge < -0.3 is 9.88 Å². The van der Waals surface area contributed by atoms with Gasteiger partial charge in [0.05, 0.1) is 27.8 Å². The molecule has 0 amide bonds. The lowest BCUT2D eigenvalue weighted by atomic mass is 9.94. The molecule has 3 heterocycles. The molecule has 2 aromatic heterocycles. The van der Waals surface area contributed by atoms with Gasteiger partial charge in [-0.25, -0.2) is 4.99 Å². The Balaban J connectivity index is 1.05. The smallest absolute Gasteiger partial charge is 0.212 e. The van der Waals surface area contributed by atoms with Crippen LogP contribution in [0.1, 0.15) is 17.3 Å². The van der Waals surface area contributed by atoms with Crippen molar-refractivity contribution in [3.8, 4) is 50.2 Å². The average molecular weight is 870 g/mol. The van der Waals surface area contributed by atoms with Crippen molar-refractivity contribution >= 4 is 55.4 Å². The number of aromatic nitrogens is 2. The van der Waals surface area contributed by atoms with Crippen LogP contribution in [0.25, 0.3) is 93.8 Å². The van der Waals surface area contributed by atoms with Crippen molar-refractivity contribution in [2.75, 3.05) is 0 Å². The lowest BCUT2D eigenvalue weighted by molar-refractivity contribution is 0.661. The van der Waals surface area contributed by atoms with E-state index in [1.165, 1.54) is 38.6 Å². The number of fused-ring (bicyclic) bond motifs is 7. The van der Waals surface area contributed by atoms with Gasteiger partial charge >= 0.3 is 0 Å². The van der Waals surface area contributed by atoms with E-state index in [2.05, 4.69) is 263 Å². The molecule has 1 N–H and O–H groups in total. The molecular weight excluding hydrogens is 827 g/mol. The molecule has 0 saturated carbocycles. The minimum Gasteiger partial charge on any atom is -0.330 e. The summed E-state index contributed by atoms with van der Waals surface area (Å²) in [4.78, 5) is 10.9. The summed E-state index contributed by atoms with van der Waals surface area (Å²) in [7, 11) is 0. The molecule has 0 radical (unpaired) electrons. The molecule has 0 bridgehead atoms. The van der Waals surface area contributed by atoms with E-state index >= 15 is 0 Å². The lowest BCUT2D eigenvalue weighted by Gasteiger charge is -2.25. The Bertz CT molecular complexity index is 3900. The van der Waals surface area contributed by atoms with Gasteiger partial charge in [-0.05, 0) is 68.8 Å². The van der Waals surface area contributed by atoms with Crippen LogP contribution < -0.4 is 5.32 Å². The van der Waals surface area contributed by atoms with Gasteiger partial charge in [-0.3, -0.25) is 4.57 Å². The molecule has 1 unspecified atom stereocenters. The molecule has 68 heavy (non-hydrogen) atoms.